The summed E-state index contributed by atoms with van der Waals surface area (Å²) < 4.78 is 5.60. The molecule has 1 N–H and O–H groups in total. The number of rotatable bonds is 16. The lowest BCUT2D eigenvalue weighted by Crippen LogP contribution is -2.37. The summed E-state index contributed by atoms with van der Waals surface area (Å²) in [6, 6.07) is 7.96. The first kappa shape index (κ1) is 24.5. The fraction of sp³-hybridized carbons (Fsp3) is 0.720. The Bertz CT molecular complexity index is 521. The van der Waals surface area contributed by atoms with Gasteiger partial charge in [-0.3, -0.25) is 0 Å². The van der Waals surface area contributed by atoms with Crippen LogP contribution in [0.4, 0.5) is 0 Å². The Kier molecular flexibility index (Phi) is 11.9. The predicted molar refractivity (Wildman–Crippen MR) is 118 cm³/mol. The van der Waals surface area contributed by atoms with Gasteiger partial charge in [0.2, 0.25) is 0 Å². The molecule has 0 spiro atoms. The van der Waals surface area contributed by atoms with Gasteiger partial charge in [-0.25, -0.2) is 4.79 Å². The maximum atomic E-state index is 11.2. The van der Waals surface area contributed by atoms with Crippen molar-refractivity contribution in [3.8, 4) is 5.75 Å². The third-order valence-corrected chi connectivity index (χ3v) is 5.58. The number of hydrogen-bond acceptors (Lipinski definition) is 2. The maximum absolute atomic E-state index is 11.2. The molecule has 0 radical (unpaired) electrons. The fourth-order valence-electron chi connectivity index (χ4n) is 3.59. The van der Waals surface area contributed by atoms with Gasteiger partial charge in [-0.1, -0.05) is 90.2 Å². The molecule has 0 aliphatic carbocycles. The van der Waals surface area contributed by atoms with Crippen molar-refractivity contribution < 1.29 is 14.6 Å². The first-order valence-corrected chi connectivity index (χ1v) is 11.4. The molecule has 1 aromatic carbocycles. The van der Waals surface area contributed by atoms with E-state index in [1.165, 1.54) is 76.2 Å². The van der Waals surface area contributed by atoms with E-state index >= 15 is 0 Å². The molecular weight excluding hydrogens is 348 g/mol. The summed E-state index contributed by atoms with van der Waals surface area (Å²) in [5.41, 5.74) is 0.108. The minimum Gasteiger partial charge on any atom is -0.478 e. The van der Waals surface area contributed by atoms with E-state index in [1.54, 1.807) is 13.8 Å². The molecule has 0 aromatic heterocycles. The van der Waals surface area contributed by atoms with Crippen LogP contribution in [0.25, 0.3) is 0 Å². The van der Waals surface area contributed by atoms with Crippen LogP contribution in [-0.2, 0) is 11.2 Å². The van der Waals surface area contributed by atoms with Gasteiger partial charge in [0.05, 0.1) is 0 Å². The first-order chi connectivity index (χ1) is 13.4. The minimum atomic E-state index is -1.20. The van der Waals surface area contributed by atoms with E-state index in [9.17, 15) is 9.90 Å². The highest BCUT2D eigenvalue weighted by atomic mass is 16.5. The van der Waals surface area contributed by atoms with Crippen LogP contribution in [0.2, 0.25) is 0 Å². The molecule has 1 aromatic rings. The SMILES string of the molecule is CCCCCCC(CCCCCC)CCc1ccc(OC(C)(C)C(=O)O)cc1. The van der Waals surface area contributed by atoms with Gasteiger partial charge >= 0.3 is 5.97 Å². The Hall–Kier alpha value is -1.51. The second-order valence-electron chi connectivity index (χ2n) is 8.66. The van der Waals surface area contributed by atoms with Crippen molar-refractivity contribution in [1.29, 1.82) is 0 Å². The summed E-state index contributed by atoms with van der Waals surface area (Å²) in [6.45, 7) is 7.69. The van der Waals surface area contributed by atoms with Crippen molar-refractivity contribution in [3.63, 3.8) is 0 Å². The van der Waals surface area contributed by atoms with Crippen LogP contribution in [0, 0.1) is 5.92 Å². The number of benzene rings is 1. The first-order valence-electron chi connectivity index (χ1n) is 11.4. The zero-order chi connectivity index (χ0) is 20.8. The molecule has 160 valence electrons. The molecule has 0 saturated heterocycles. The van der Waals surface area contributed by atoms with Crippen LogP contribution in [-0.4, -0.2) is 16.7 Å². The van der Waals surface area contributed by atoms with E-state index in [-0.39, 0.29) is 0 Å². The highest BCUT2D eigenvalue weighted by Gasteiger charge is 2.29. The lowest BCUT2D eigenvalue weighted by Gasteiger charge is -2.21. The summed E-state index contributed by atoms with van der Waals surface area (Å²) in [5.74, 6) is 0.493. The average molecular weight is 391 g/mol. The van der Waals surface area contributed by atoms with E-state index in [1.807, 2.05) is 12.1 Å². The Morgan fingerprint density at radius 1 is 0.893 bits per heavy atom. The summed E-state index contributed by atoms with van der Waals surface area (Å²) in [6.07, 6.45) is 15.8. The van der Waals surface area contributed by atoms with Gasteiger partial charge in [-0.15, -0.1) is 0 Å². The molecule has 1 rings (SSSR count). The second kappa shape index (κ2) is 13.6. The van der Waals surface area contributed by atoms with Gasteiger partial charge in [-0.05, 0) is 50.3 Å². The van der Waals surface area contributed by atoms with Crippen molar-refractivity contribution in [3.05, 3.63) is 29.8 Å². The van der Waals surface area contributed by atoms with Gasteiger partial charge in [0, 0.05) is 0 Å². The second-order valence-corrected chi connectivity index (χ2v) is 8.66. The molecule has 0 aliphatic rings. The molecule has 0 saturated carbocycles. The molecule has 0 heterocycles. The smallest absolute Gasteiger partial charge is 0.347 e. The summed E-state index contributed by atoms with van der Waals surface area (Å²) in [4.78, 5) is 11.2. The van der Waals surface area contributed by atoms with Crippen molar-refractivity contribution in [1.82, 2.24) is 0 Å². The summed E-state index contributed by atoms with van der Waals surface area (Å²) >= 11 is 0. The van der Waals surface area contributed by atoms with Crippen molar-refractivity contribution in [2.24, 2.45) is 5.92 Å². The number of unbranched alkanes of at least 4 members (excludes halogenated alkanes) is 6. The number of carboxylic acid groups (broad SMARTS) is 1. The third kappa shape index (κ3) is 10.1. The Labute approximate surface area is 172 Å². The number of aliphatic carboxylic acids is 1. The predicted octanol–water partition coefficient (Wildman–Crippen LogP) is 7.42. The third-order valence-electron chi connectivity index (χ3n) is 5.58. The summed E-state index contributed by atoms with van der Waals surface area (Å²) in [5, 5.41) is 9.19. The number of hydrogen-bond donors (Lipinski definition) is 1. The van der Waals surface area contributed by atoms with E-state index in [4.69, 9.17) is 4.74 Å². The lowest BCUT2D eigenvalue weighted by atomic mass is 9.89. The zero-order valence-corrected chi connectivity index (χ0v) is 18.6. The molecule has 28 heavy (non-hydrogen) atoms. The fourth-order valence-corrected chi connectivity index (χ4v) is 3.59. The Balaban J connectivity index is 2.51. The molecule has 0 atom stereocenters. The molecule has 0 unspecified atom stereocenters. The molecule has 0 aliphatic heterocycles. The quantitative estimate of drug-likeness (QED) is 0.299. The van der Waals surface area contributed by atoms with Crippen LogP contribution in [0.15, 0.2) is 24.3 Å². The van der Waals surface area contributed by atoms with Gasteiger partial charge in [0.15, 0.2) is 5.60 Å². The van der Waals surface area contributed by atoms with Gasteiger partial charge in [0.25, 0.3) is 0 Å². The average Bonchev–Trinajstić information content (AvgIpc) is 2.66. The largest absolute Gasteiger partial charge is 0.478 e. The minimum absolute atomic E-state index is 0.617. The Morgan fingerprint density at radius 3 is 1.89 bits per heavy atom. The Morgan fingerprint density at radius 2 is 1.43 bits per heavy atom. The number of aryl methyl sites for hydroxylation is 1. The van der Waals surface area contributed by atoms with Crippen LogP contribution >= 0.6 is 0 Å². The number of carboxylic acids is 1. The normalized spacial score (nSPS) is 11.8. The van der Waals surface area contributed by atoms with Crippen molar-refractivity contribution in [2.75, 3.05) is 0 Å². The standard InChI is InChI=1S/C25H42O3/c1-5-7-9-11-13-21(14-12-10-8-6-2)15-16-22-17-19-23(20-18-22)28-25(3,4)24(26)27/h17-21H,5-16H2,1-4H3,(H,26,27). The molecule has 0 fully saturated rings. The van der Waals surface area contributed by atoms with E-state index in [2.05, 4.69) is 26.0 Å². The van der Waals surface area contributed by atoms with Crippen molar-refractivity contribution >= 4 is 5.97 Å². The van der Waals surface area contributed by atoms with Gasteiger partial charge < -0.3 is 9.84 Å². The van der Waals surface area contributed by atoms with Gasteiger partial charge in [0.1, 0.15) is 5.75 Å². The maximum Gasteiger partial charge on any atom is 0.347 e. The van der Waals surface area contributed by atoms with E-state index in [0.717, 1.165) is 12.3 Å². The molecule has 3 nitrogen and oxygen atoms in total. The lowest BCUT2D eigenvalue weighted by molar-refractivity contribution is -0.152. The molecule has 3 heteroatoms. The van der Waals surface area contributed by atoms with Crippen LogP contribution in [0.3, 0.4) is 0 Å². The van der Waals surface area contributed by atoms with Crippen molar-refractivity contribution in [2.45, 2.75) is 110 Å². The monoisotopic (exact) mass is 390 g/mol. The topological polar surface area (TPSA) is 46.5 Å². The van der Waals surface area contributed by atoms with Crippen LogP contribution in [0.1, 0.15) is 104 Å². The summed E-state index contributed by atoms with van der Waals surface area (Å²) in [7, 11) is 0. The van der Waals surface area contributed by atoms with E-state index < -0.39 is 11.6 Å². The van der Waals surface area contributed by atoms with E-state index in [0.29, 0.717) is 5.75 Å². The zero-order valence-electron chi connectivity index (χ0n) is 18.6. The van der Waals surface area contributed by atoms with Gasteiger partial charge in [-0.2, -0.15) is 0 Å². The molecular formula is C25H42O3. The molecule has 0 bridgehead atoms. The molecule has 0 amide bonds. The highest BCUT2D eigenvalue weighted by Crippen LogP contribution is 2.25. The highest BCUT2D eigenvalue weighted by molar-refractivity contribution is 5.76. The number of carbonyl (C=O) groups is 1. The van der Waals surface area contributed by atoms with Crippen LogP contribution in [0.5, 0.6) is 5.75 Å². The van der Waals surface area contributed by atoms with Crippen LogP contribution < -0.4 is 4.74 Å². The number of ether oxygens (including phenoxy) is 1.